The minimum atomic E-state index is -4.54. The first-order chi connectivity index (χ1) is 12.6. The summed E-state index contributed by atoms with van der Waals surface area (Å²) in [6.45, 7) is 1.92. The number of halogens is 4. The first-order valence-corrected chi connectivity index (χ1v) is 8.58. The molecule has 0 aliphatic heterocycles. The van der Waals surface area contributed by atoms with E-state index in [4.69, 9.17) is 11.6 Å². The molecule has 2 N–H and O–H groups in total. The van der Waals surface area contributed by atoms with Crippen molar-refractivity contribution in [2.75, 3.05) is 10.6 Å². The fourth-order valence-electron chi connectivity index (χ4n) is 2.67. The summed E-state index contributed by atoms with van der Waals surface area (Å²) in [5.41, 5.74) is 0.639. The zero-order chi connectivity index (χ0) is 19.8. The molecule has 27 heavy (non-hydrogen) atoms. The summed E-state index contributed by atoms with van der Waals surface area (Å²) >= 11 is 5.87. The molecule has 0 bridgehead atoms. The number of hydrogen-bond donors (Lipinski definition) is 2. The second kappa shape index (κ2) is 7.23. The van der Waals surface area contributed by atoms with Crippen LogP contribution in [0.5, 0.6) is 0 Å². The molecule has 1 aliphatic rings. The van der Waals surface area contributed by atoms with E-state index in [9.17, 15) is 22.8 Å². The van der Waals surface area contributed by atoms with Gasteiger partial charge in [0.25, 0.3) is 0 Å². The fourth-order valence-corrected chi connectivity index (χ4v) is 2.83. The number of benzene rings is 2. The predicted octanol–water partition coefficient (Wildman–Crippen LogP) is 4.88. The lowest BCUT2D eigenvalue weighted by Crippen LogP contribution is -2.21. The third kappa shape index (κ3) is 4.60. The van der Waals surface area contributed by atoms with E-state index in [1.54, 1.807) is 12.1 Å². The van der Waals surface area contributed by atoms with Crippen LogP contribution in [0.4, 0.5) is 24.5 Å². The summed E-state index contributed by atoms with van der Waals surface area (Å²) in [6.07, 6.45) is -4.21. The van der Waals surface area contributed by atoms with Crippen molar-refractivity contribution in [2.45, 2.75) is 19.5 Å². The lowest BCUT2D eigenvalue weighted by molar-refractivity contribution is -0.137. The molecule has 142 valence electrons. The average Bonchev–Trinajstić information content (AvgIpc) is 3.39. The summed E-state index contributed by atoms with van der Waals surface area (Å²) < 4.78 is 38.4. The van der Waals surface area contributed by atoms with Gasteiger partial charge in [-0.3, -0.25) is 9.59 Å². The van der Waals surface area contributed by atoms with E-state index in [0.717, 1.165) is 23.8 Å². The van der Waals surface area contributed by atoms with Crippen LogP contribution < -0.4 is 10.6 Å². The van der Waals surface area contributed by atoms with Crippen LogP contribution in [0.3, 0.4) is 0 Å². The van der Waals surface area contributed by atoms with E-state index in [0.29, 0.717) is 12.1 Å². The van der Waals surface area contributed by atoms with Crippen LogP contribution in [0, 0.1) is 18.8 Å². The van der Waals surface area contributed by atoms with Crippen molar-refractivity contribution in [2.24, 2.45) is 11.8 Å². The van der Waals surface area contributed by atoms with Gasteiger partial charge in [0, 0.05) is 5.69 Å². The molecule has 1 saturated carbocycles. The van der Waals surface area contributed by atoms with Gasteiger partial charge in [0.05, 0.1) is 28.1 Å². The number of alkyl halides is 3. The molecular weight excluding hydrogens is 381 g/mol. The number of anilines is 2. The Hall–Kier alpha value is -2.54. The van der Waals surface area contributed by atoms with Crippen LogP contribution in [0.2, 0.25) is 5.02 Å². The van der Waals surface area contributed by atoms with Crippen molar-refractivity contribution in [1.82, 2.24) is 0 Å². The lowest BCUT2D eigenvalue weighted by Gasteiger charge is -2.11. The highest BCUT2D eigenvalue weighted by molar-refractivity contribution is 6.33. The Labute approximate surface area is 158 Å². The Morgan fingerprint density at radius 2 is 1.59 bits per heavy atom. The number of rotatable bonds is 4. The van der Waals surface area contributed by atoms with E-state index in [1.807, 2.05) is 19.1 Å². The summed E-state index contributed by atoms with van der Waals surface area (Å²) in [5.74, 6) is -1.94. The maximum atomic E-state index is 12.8. The molecule has 2 aromatic rings. The molecule has 2 unspecified atom stereocenters. The Morgan fingerprint density at radius 1 is 1.00 bits per heavy atom. The van der Waals surface area contributed by atoms with E-state index in [2.05, 4.69) is 10.6 Å². The third-order valence-corrected chi connectivity index (χ3v) is 4.66. The molecule has 1 fully saturated rings. The lowest BCUT2D eigenvalue weighted by atomic mass is 10.2. The maximum Gasteiger partial charge on any atom is 0.416 e. The second-order valence-electron chi connectivity index (χ2n) is 6.49. The van der Waals surface area contributed by atoms with Gasteiger partial charge < -0.3 is 10.6 Å². The van der Waals surface area contributed by atoms with Gasteiger partial charge in [-0.25, -0.2) is 0 Å². The number of hydrogen-bond acceptors (Lipinski definition) is 2. The molecule has 0 saturated heterocycles. The first-order valence-electron chi connectivity index (χ1n) is 8.20. The van der Waals surface area contributed by atoms with Crippen molar-refractivity contribution >= 4 is 34.8 Å². The van der Waals surface area contributed by atoms with Gasteiger partial charge in [0.15, 0.2) is 0 Å². The quantitative estimate of drug-likeness (QED) is 0.773. The standard InChI is InChI=1S/C19H16ClF3N2O2/c1-10-2-5-12(6-3-10)24-17(26)13-9-14(13)18(27)25-16-8-11(19(21,22)23)4-7-15(16)20/h2-8,13-14H,9H2,1H3,(H,24,26)(H,25,27). The van der Waals surface area contributed by atoms with E-state index in [1.165, 1.54) is 0 Å². The van der Waals surface area contributed by atoms with Crippen molar-refractivity contribution in [1.29, 1.82) is 0 Å². The van der Waals surface area contributed by atoms with Gasteiger partial charge in [-0.15, -0.1) is 0 Å². The molecule has 1 aliphatic carbocycles. The highest BCUT2D eigenvalue weighted by Gasteiger charge is 2.48. The Kier molecular flexibility index (Phi) is 5.15. The van der Waals surface area contributed by atoms with Gasteiger partial charge in [0.1, 0.15) is 0 Å². The minimum absolute atomic E-state index is 0.00217. The molecule has 4 nitrogen and oxygen atoms in total. The Morgan fingerprint density at radius 3 is 2.19 bits per heavy atom. The molecule has 8 heteroatoms. The number of aryl methyl sites for hydroxylation is 1. The topological polar surface area (TPSA) is 58.2 Å². The summed E-state index contributed by atoms with van der Waals surface area (Å²) in [7, 11) is 0. The summed E-state index contributed by atoms with van der Waals surface area (Å²) in [5, 5.41) is 5.11. The number of amides is 2. The SMILES string of the molecule is Cc1ccc(NC(=O)C2CC2C(=O)Nc2cc(C(F)(F)F)ccc2Cl)cc1. The summed E-state index contributed by atoms with van der Waals surface area (Å²) in [4.78, 5) is 24.5. The molecule has 2 atom stereocenters. The Bertz CT molecular complexity index is 882. The Balaban J connectivity index is 1.62. The van der Waals surface area contributed by atoms with Crippen LogP contribution >= 0.6 is 11.6 Å². The number of carbonyl (C=O) groups excluding carboxylic acids is 2. The van der Waals surface area contributed by atoms with E-state index >= 15 is 0 Å². The van der Waals surface area contributed by atoms with Gasteiger partial charge in [0.2, 0.25) is 11.8 Å². The van der Waals surface area contributed by atoms with E-state index < -0.39 is 29.5 Å². The monoisotopic (exact) mass is 396 g/mol. The number of nitrogens with one attached hydrogen (secondary N) is 2. The molecule has 2 aromatic carbocycles. The number of carbonyl (C=O) groups is 2. The highest BCUT2D eigenvalue weighted by Crippen LogP contribution is 2.41. The second-order valence-corrected chi connectivity index (χ2v) is 6.89. The zero-order valence-corrected chi connectivity index (χ0v) is 15.0. The van der Waals surface area contributed by atoms with Crippen LogP contribution in [0.1, 0.15) is 17.5 Å². The molecule has 2 amide bonds. The fraction of sp³-hybridized carbons (Fsp3) is 0.263. The van der Waals surface area contributed by atoms with Crippen molar-refractivity contribution < 1.29 is 22.8 Å². The third-order valence-electron chi connectivity index (χ3n) is 4.33. The zero-order valence-electron chi connectivity index (χ0n) is 14.2. The van der Waals surface area contributed by atoms with Crippen LogP contribution in [-0.4, -0.2) is 11.8 Å². The van der Waals surface area contributed by atoms with Crippen molar-refractivity contribution in [3.63, 3.8) is 0 Å². The average molecular weight is 397 g/mol. The maximum absolute atomic E-state index is 12.8. The first kappa shape index (κ1) is 19.2. The van der Waals surface area contributed by atoms with Gasteiger partial charge >= 0.3 is 6.18 Å². The van der Waals surface area contributed by atoms with Gasteiger partial charge in [-0.1, -0.05) is 29.3 Å². The highest BCUT2D eigenvalue weighted by atomic mass is 35.5. The molecule has 3 rings (SSSR count). The largest absolute Gasteiger partial charge is 0.416 e. The predicted molar refractivity (Wildman–Crippen MR) is 96.5 cm³/mol. The van der Waals surface area contributed by atoms with Gasteiger partial charge in [-0.2, -0.15) is 13.2 Å². The van der Waals surface area contributed by atoms with Crippen molar-refractivity contribution in [3.05, 3.63) is 58.6 Å². The molecule has 0 aromatic heterocycles. The molecule has 0 spiro atoms. The smallest absolute Gasteiger partial charge is 0.326 e. The molecule has 0 heterocycles. The minimum Gasteiger partial charge on any atom is -0.326 e. The van der Waals surface area contributed by atoms with E-state index in [-0.39, 0.29) is 16.6 Å². The van der Waals surface area contributed by atoms with Crippen molar-refractivity contribution in [3.8, 4) is 0 Å². The van der Waals surface area contributed by atoms with Gasteiger partial charge in [-0.05, 0) is 43.7 Å². The molecule has 0 radical (unpaired) electrons. The van der Waals surface area contributed by atoms with Crippen LogP contribution in [0.25, 0.3) is 0 Å². The molecular formula is C19H16ClF3N2O2. The van der Waals surface area contributed by atoms with Crippen LogP contribution in [-0.2, 0) is 15.8 Å². The summed E-state index contributed by atoms with van der Waals surface area (Å²) in [6, 6.07) is 9.91. The normalized spacial score (nSPS) is 18.7. The van der Waals surface area contributed by atoms with Crippen LogP contribution in [0.15, 0.2) is 42.5 Å².